The number of hydrogen-bond acceptors (Lipinski definition) is 1. The lowest BCUT2D eigenvalue weighted by Crippen LogP contribution is -2.35. The Morgan fingerprint density at radius 1 is 1.32 bits per heavy atom. The van der Waals surface area contributed by atoms with Gasteiger partial charge in [-0.05, 0) is 30.4 Å². The standard InChI is InChI=1S/C15H19ClFNO/c16-13-7-3-1-6-12(13)10-18-15(19)9-11-5-2-4-8-14(11)17/h2,4-5,8,12-13H,1,3,6-7,9-10H2,(H,18,19). The Labute approximate surface area is 118 Å². The van der Waals surface area contributed by atoms with Crippen LogP contribution in [0.25, 0.3) is 0 Å². The molecule has 1 amide bonds. The highest BCUT2D eigenvalue weighted by Crippen LogP contribution is 2.27. The van der Waals surface area contributed by atoms with E-state index in [2.05, 4.69) is 5.32 Å². The van der Waals surface area contributed by atoms with Crippen molar-refractivity contribution in [2.24, 2.45) is 5.92 Å². The van der Waals surface area contributed by atoms with Crippen LogP contribution < -0.4 is 5.32 Å². The quantitative estimate of drug-likeness (QED) is 0.844. The second-order valence-electron chi connectivity index (χ2n) is 5.13. The van der Waals surface area contributed by atoms with Crippen molar-refractivity contribution in [2.75, 3.05) is 6.54 Å². The first kappa shape index (κ1) is 14.3. The zero-order valence-electron chi connectivity index (χ0n) is 10.9. The minimum Gasteiger partial charge on any atom is -0.355 e. The number of halogens is 2. The molecule has 19 heavy (non-hydrogen) atoms. The van der Waals surface area contributed by atoms with E-state index < -0.39 is 0 Å². The number of rotatable bonds is 4. The summed E-state index contributed by atoms with van der Waals surface area (Å²) in [4.78, 5) is 11.8. The van der Waals surface area contributed by atoms with Crippen molar-refractivity contribution in [3.63, 3.8) is 0 Å². The van der Waals surface area contributed by atoms with E-state index >= 15 is 0 Å². The van der Waals surface area contributed by atoms with Crippen molar-refractivity contribution in [1.29, 1.82) is 0 Å². The molecule has 2 rings (SSSR count). The fraction of sp³-hybridized carbons (Fsp3) is 0.533. The number of nitrogens with one attached hydrogen (secondary N) is 1. The van der Waals surface area contributed by atoms with Crippen molar-refractivity contribution in [3.8, 4) is 0 Å². The maximum absolute atomic E-state index is 13.4. The molecule has 0 aliphatic heterocycles. The molecule has 1 aromatic rings. The fourth-order valence-corrected chi connectivity index (χ4v) is 2.88. The van der Waals surface area contributed by atoms with Crippen LogP contribution in [0.1, 0.15) is 31.2 Å². The van der Waals surface area contributed by atoms with E-state index in [4.69, 9.17) is 11.6 Å². The van der Waals surface area contributed by atoms with E-state index in [-0.39, 0.29) is 23.5 Å². The Morgan fingerprint density at radius 2 is 2.05 bits per heavy atom. The zero-order chi connectivity index (χ0) is 13.7. The Kier molecular flexibility index (Phi) is 5.20. The molecular formula is C15H19ClFNO. The van der Waals surface area contributed by atoms with Crippen LogP contribution >= 0.6 is 11.6 Å². The SMILES string of the molecule is O=C(Cc1ccccc1F)NCC1CCCCC1Cl. The Morgan fingerprint density at radius 3 is 2.79 bits per heavy atom. The maximum atomic E-state index is 13.4. The molecule has 1 aromatic carbocycles. The Balaban J connectivity index is 1.80. The monoisotopic (exact) mass is 283 g/mol. The summed E-state index contributed by atoms with van der Waals surface area (Å²) in [5.41, 5.74) is 0.436. The molecule has 104 valence electrons. The predicted molar refractivity (Wildman–Crippen MR) is 74.7 cm³/mol. The normalized spacial score (nSPS) is 23.1. The minimum absolute atomic E-state index is 0.0896. The van der Waals surface area contributed by atoms with E-state index in [1.807, 2.05) is 0 Å². The van der Waals surface area contributed by atoms with Crippen LogP contribution in [0.15, 0.2) is 24.3 Å². The number of carbonyl (C=O) groups excluding carboxylic acids is 1. The van der Waals surface area contributed by atoms with Gasteiger partial charge in [0.2, 0.25) is 5.91 Å². The molecule has 1 aliphatic carbocycles. The summed E-state index contributed by atoms with van der Waals surface area (Å²) in [6.07, 6.45) is 4.53. The average molecular weight is 284 g/mol. The van der Waals surface area contributed by atoms with Gasteiger partial charge in [-0.2, -0.15) is 0 Å². The van der Waals surface area contributed by atoms with Gasteiger partial charge in [-0.15, -0.1) is 11.6 Å². The van der Waals surface area contributed by atoms with Crippen molar-refractivity contribution in [3.05, 3.63) is 35.6 Å². The summed E-state index contributed by atoms with van der Waals surface area (Å²) in [6.45, 7) is 0.599. The Bertz CT molecular complexity index is 438. The molecular weight excluding hydrogens is 265 g/mol. The Hall–Kier alpha value is -1.09. The lowest BCUT2D eigenvalue weighted by Gasteiger charge is -2.27. The summed E-state index contributed by atoms with van der Waals surface area (Å²) in [5, 5.41) is 3.02. The molecule has 0 saturated heterocycles. The number of hydrogen-bond donors (Lipinski definition) is 1. The van der Waals surface area contributed by atoms with Gasteiger partial charge in [0.05, 0.1) is 6.42 Å². The van der Waals surface area contributed by atoms with Crippen LogP contribution in [-0.4, -0.2) is 17.8 Å². The van der Waals surface area contributed by atoms with Crippen LogP contribution in [-0.2, 0) is 11.2 Å². The lowest BCUT2D eigenvalue weighted by atomic mass is 9.88. The van der Waals surface area contributed by atoms with Gasteiger partial charge < -0.3 is 5.32 Å². The summed E-state index contributed by atoms with van der Waals surface area (Å²) in [5.74, 6) is -0.120. The van der Waals surface area contributed by atoms with Gasteiger partial charge in [0.1, 0.15) is 5.82 Å². The number of alkyl halides is 1. The van der Waals surface area contributed by atoms with Crippen molar-refractivity contribution < 1.29 is 9.18 Å². The maximum Gasteiger partial charge on any atom is 0.224 e. The van der Waals surface area contributed by atoms with E-state index in [1.54, 1.807) is 18.2 Å². The number of carbonyl (C=O) groups is 1. The molecule has 1 N–H and O–H groups in total. The van der Waals surface area contributed by atoms with Gasteiger partial charge >= 0.3 is 0 Å². The number of benzene rings is 1. The van der Waals surface area contributed by atoms with E-state index in [0.29, 0.717) is 18.0 Å². The molecule has 4 heteroatoms. The van der Waals surface area contributed by atoms with Gasteiger partial charge in [-0.3, -0.25) is 4.79 Å². The highest BCUT2D eigenvalue weighted by atomic mass is 35.5. The van der Waals surface area contributed by atoms with E-state index in [0.717, 1.165) is 12.8 Å². The summed E-state index contributed by atoms with van der Waals surface area (Å²) < 4.78 is 13.4. The molecule has 0 radical (unpaired) electrons. The predicted octanol–water partition coefficient (Wildman–Crippen LogP) is 3.28. The topological polar surface area (TPSA) is 29.1 Å². The van der Waals surface area contributed by atoms with Crippen LogP contribution in [0.5, 0.6) is 0 Å². The smallest absolute Gasteiger partial charge is 0.224 e. The average Bonchev–Trinajstić information content (AvgIpc) is 2.40. The largest absolute Gasteiger partial charge is 0.355 e. The van der Waals surface area contributed by atoms with Gasteiger partial charge in [0, 0.05) is 11.9 Å². The molecule has 1 saturated carbocycles. The summed E-state index contributed by atoms with van der Waals surface area (Å²) in [7, 11) is 0. The molecule has 2 atom stereocenters. The van der Waals surface area contributed by atoms with Crippen molar-refractivity contribution >= 4 is 17.5 Å². The second kappa shape index (κ2) is 6.90. The third-order valence-corrected chi connectivity index (χ3v) is 4.26. The van der Waals surface area contributed by atoms with Crippen molar-refractivity contribution in [1.82, 2.24) is 5.32 Å². The first-order valence-electron chi connectivity index (χ1n) is 6.81. The van der Waals surface area contributed by atoms with E-state index in [9.17, 15) is 9.18 Å². The molecule has 1 aliphatic rings. The highest BCUT2D eigenvalue weighted by Gasteiger charge is 2.23. The summed E-state index contributed by atoms with van der Waals surface area (Å²) in [6, 6.07) is 6.37. The molecule has 0 heterocycles. The fourth-order valence-electron chi connectivity index (χ4n) is 2.51. The van der Waals surface area contributed by atoms with Gasteiger partial charge in [0.15, 0.2) is 0 Å². The molecule has 2 unspecified atom stereocenters. The lowest BCUT2D eigenvalue weighted by molar-refractivity contribution is -0.120. The zero-order valence-corrected chi connectivity index (χ0v) is 11.6. The molecule has 1 fully saturated rings. The van der Waals surface area contributed by atoms with E-state index in [1.165, 1.54) is 18.9 Å². The minimum atomic E-state index is -0.328. The first-order valence-corrected chi connectivity index (χ1v) is 7.24. The highest BCUT2D eigenvalue weighted by molar-refractivity contribution is 6.20. The molecule has 0 spiro atoms. The van der Waals surface area contributed by atoms with Crippen LogP contribution in [0, 0.1) is 11.7 Å². The van der Waals surface area contributed by atoms with Crippen molar-refractivity contribution in [2.45, 2.75) is 37.5 Å². The van der Waals surface area contributed by atoms with Crippen LogP contribution in [0.2, 0.25) is 0 Å². The molecule has 0 bridgehead atoms. The summed E-state index contributed by atoms with van der Waals surface area (Å²) >= 11 is 6.24. The molecule has 2 nitrogen and oxygen atoms in total. The van der Waals surface area contributed by atoms with Crippen LogP contribution in [0.3, 0.4) is 0 Å². The number of amides is 1. The first-order chi connectivity index (χ1) is 9.16. The third kappa shape index (κ3) is 4.20. The van der Waals surface area contributed by atoms with Gasteiger partial charge in [-0.25, -0.2) is 4.39 Å². The third-order valence-electron chi connectivity index (χ3n) is 3.69. The molecule has 0 aromatic heterocycles. The van der Waals surface area contributed by atoms with Gasteiger partial charge in [0.25, 0.3) is 0 Å². The van der Waals surface area contributed by atoms with Gasteiger partial charge in [-0.1, -0.05) is 31.0 Å². The van der Waals surface area contributed by atoms with Crippen LogP contribution in [0.4, 0.5) is 4.39 Å². The second-order valence-corrected chi connectivity index (χ2v) is 5.69.